The molecule has 0 N–H and O–H groups in total. The molecule has 12 heavy (non-hydrogen) atoms. The predicted molar refractivity (Wildman–Crippen MR) is 48.8 cm³/mol. The van der Waals surface area contributed by atoms with E-state index in [2.05, 4.69) is 13.2 Å². The highest BCUT2D eigenvalue weighted by atomic mass is 16.6. The molecule has 0 spiro atoms. The molecule has 1 rings (SSSR count). The molecule has 0 saturated carbocycles. The van der Waals surface area contributed by atoms with Gasteiger partial charge in [-0.3, -0.25) is 0 Å². The third-order valence-corrected chi connectivity index (χ3v) is 1.65. The van der Waals surface area contributed by atoms with Crippen molar-refractivity contribution in [3.63, 3.8) is 0 Å². The van der Waals surface area contributed by atoms with Gasteiger partial charge in [0.15, 0.2) is 0 Å². The van der Waals surface area contributed by atoms with Crippen LogP contribution in [0.2, 0.25) is 0 Å². The topological polar surface area (TPSA) is 21.8 Å². The van der Waals surface area contributed by atoms with Gasteiger partial charge in [0.05, 0.1) is 6.61 Å². The van der Waals surface area contributed by atoms with Crippen LogP contribution < -0.4 is 0 Å². The minimum Gasteiger partial charge on any atom is -0.491 e. The first-order valence-electron chi connectivity index (χ1n) is 3.97. The maximum absolute atomic E-state index is 5.34. The second-order valence-corrected chi connectivity index (χ2v) is 2.77. The zero-order valence-electron chi connectivity index (χ0n) is 7.38. The highest BCUT2D eigenvalue weighted by molar-refractivity contribution is 5.24. The Hall–Kier alpha value is -1.02. The molecule has 2 nitrogen and oxygen atoms in total. The number of allylic oxidation sites excluding steroid dienone is 3. The summed E-state index contributed by atoms with van der Waals surface area (Å²) < 4.78 is 10.3. The molecule has 1 aliphatic heterocycles. The van der Waals surface area contributed by atoms with Crippen molar-refractivity contribution in [1.82, 2.24) is 0 Å². The second-order valence-electron chi connectivity index (χ2n) is 2.77. The third kappa shape index (κ3) is 2.93. The van der Waals surface area contributed by atoms with Gasteiger partial charge in [0.2, 0.25) is 0 Å². The Balaban J connectivity index is 2.25. The van der Waals surface area contributed by atoms with Gasteiger partial charge in [-0.15, -0.1) is 0 Å². The van der Waals surface area contributed by atoms with Gasteiger partial charge in [-0.2, -0.15) is 0 Å². The molecule has 66 valence electrons. The van der Waals surface area contributed by atoms with E-state index in [9.17, 15) is 0 Å². The third-order valence-electron chi connectivity index (χ3n) is 1.65. The molecule has 1 heterocycles. The highest BCUT2D eigenvalue weighted by Crippen LogP contribution is 2.14. The average molecular weight is 166 g/mol. The van der Waals surface area contributed by atoms with Crippen LogP contribution in [0.1, 0.15) is 6.92 Å². The molecular formula is C10H14O2. The minimum atomic E-state index is 0.290. The molecule has 0 bridgehead atoms. The first-order chi connectivity index (χ1) is 5.74. The monoisotopic (exact) mass is 166 g/mol. The predicted octanol–water partition coefficient (Wildman–Crippen LogP) is 2.05. The number of rotatable bonds is 5. The Morgan fingerprint density at radius 3 is 2.92 bits per heavy atom. The number of hydrogen-bond acceptors (Lipinski definition) is 2. The van der Waals surface area contributed by atoms with E-state index in [0.717, 1.165) is 12.2 Å². The van der Waals surface area contributed by atoms with E-state index >= 15 is 0 Å². The number of hydrogen-bond donors (Lipinski definition) is 0. The van der Waals surface area contributed by atoms with Crippen molar-refractivity contribution in [2.75, 3.05) is 13.2 Å². The molecule has 2 heteroatoms. The summed E-state index contributed by atoms with van der Waals surface area (Å²) in [5.74, 6) is 0.699. The molecule has 1 aliphatic rings. The van der Waals surface area contributed by atoms with Crippen molar-refractivity contribution >= 4 is 0 Å². The van der Waals surface area contributed by atoms with Crippen LogP contribution in [0.3, 0.4) is 0 Å². The fourth-order valence-corrected chi connectivity index (χ4v) is 0.741. The molecule has 1 fully saturated rings. The standard InChI is InChI=1S/C10H14O2/c1-4-5-8(2)9(3)11-6-10-7-12-10/h4-5,10H,1,3,6-7H2,2H3/b8-5-. The lowest BCUT2D eigenvalue weighted by Crippen LogP contribution is -2.01. The lowest BCUT2D eigenvalue weighted by molar-refractivity contribution is 0.190. The van der Waals surface area contributed by atoms with Crippen LogP contribution >= 0.6 is 0 Å². The van der Waals surface area contributed by atoms with Crippen LogP contribution in [0.5, 0.6) is 0 Å². The van der Waals surface area contributed by atoms with E-state index in [1.807, 2.05) is 13.0 Å². The fraction of sp³-hybridized carbons (Fsp3) is 0.400. The van der Waals surface area contributed by atoms with Gasteiger partial charge in [0, 0.05) is 0 Å². The van der Waals surface area contributed by atoms with Crippen LogP contribution in [0.4, 0.5) is 0 Å². The normalized spacial score (nSPS) is 21.8. The van der Waals surface area contributed by atoms with Gasteiger partial charge in [0.25, 0.3) is 0 Å². The van der Waals surface area contributed by atoms with E-state index in [4.69, 9.17) is 9.47 Å². The molecule has 0 amide bonds. The summed E-state index contributed by atoms with van der Waals surface area (Å²) >= 11 is 0. The quantitative estimate of drug-likeness (QED) is 0.354. The van der Waals surface area contributed by atoms with Crippen molar-refractivity contribution in [3.8, 4) is 0 Å². The second kappa shape index (κ2) is 4.12. The van der Waals surface area contributed by atoms with Gasteiger partial charge >= 0.3 is 0 Å². The summed E-state index contributed by atoms with van der Waals surface area (Å²) in [7, 11) is 0. The zero-order valence-corrected chi connectivity index (χ0v) is 7.38. The maximum Gasteiger partial charge on any atom is 0.117 e. The first-order valence-corrected chi connectivity index (χ1v) is 3.97. The summed E-state index contributed by atoms with van der Waals surface area (Å²) in [6.45, 7) is 10.7. The summed E-state index contributed by atoms with van der Waals surface area (Å²) in [5.41, 5.74) is 1.01. The fourth-order valence-electron chi connectivity index (χ4n) is 0.741. The number of epoxide rings is 1. The van der Waals surface area contributed by atoms with Crippen molar-refractivity contribution in [2.24, 2.45) is 0 Å². The Morgan fingerprint density at radius 1 is 1.75 bits per heavy atom. The van der Waals surface area contributed by atoms with Gasteiger partial charge in [-0.25, -0.2) is 0 Å². The molecule has 1 atom stereocenters. The van der Waals surface area contributed by atoms with E-state index in [-0.39, 0.29) is 0 Å². The van der Waals surface area contributed by atoms with E-state index in [1.54, 1.807) is 6.08 Å². The van der Waals surface area contributed by atoms with Crippen LogP contribution in [0.25, 0.3) is 0 Å². The van der Waals surface area contributed by atoms with Crippen LogP contribution in [0.15, 0.2) is 36.6 Å². The summed E-state index contributed by atoms with van der Waals surface area (Å²) in [6.07, 6.45) is 3.88. The Bertz CT molecular complexity index is 212. The van der Waals surface area contributed by atoms with Gasteiger partial charge < -0.3 is 9.47 Å². The first kappa shape index (κ1) is 9.07. The summed E-state index contributed by atoms with van der Waals surface area (Å²) in [4.78, 5) is 0. The molecule has 1 unspecified atom stereocenters. The molecule has 0 aromatic carbocycles. The Kier molecular flexibility index (Phi) is 3.11. The van der Waals surface area contributed by atoms with E-state index < -0.39 is 0 Å². The van der Waals surface area contributed by atoms with Crippen LogP contribution in [0, 0.1) is 0 Å². The molecule has 1 saturated heterocycles. The smallest absolute Gasteiger partial charge is 0.117 e. The largest absolute Gasteiger partial charge is 0.491 e. The summed E-state index contributed by atoms with van der Waals surface area (Å²) in [5, 5.41) is 0. The van der Waals surface area contributed by atoms with Gasteiger partial charge in [-0.05, 0) is 12.5 Å². The summed E-state index contributed by atoms with van der Waals surface area (Å²) in [6, 6.07) is 0. The molecule has 0 aromatic heterocycles. The van der Waals surface area contributed by atoms with Crippen molar-refractivity contribution in [3.05, 3.63) is 36.6 Å². The van der Waals surface area contributed by atoms with Gasteiger partial charge in [0.1, 0.15) is 18.5 Å². The zero-order chi connectivity index (χ0) is 8.97. The lowest BCUT2D eigenvalue weighted by atomic mass is 10.2. The molecule has 0 radical (unpaired) electrons. The minimum absolute atomic E-state index is 0.290. The van der Waals surface area contributed by atoms with Gasteiger partial charge in [-0.1, -0.05) is 25.3 Å². The Labute approximate surface area is 73.2 Å². The van der Waals surface area contributed by atoms with Crippen LogP contribution in [-0.2, 0) is 9.47 Å². The number of ether oxygens (including phenoxy) is 2. The lowest BCUT2D eigenvalue weighted by Gasteiger charge is -2.06. The van der Waals surface area contributed by atoms with E-state index in [1.165, 1.54) is 0 Å². The van der Waals surface area contributed by atoms with E-state index in [0.29, 0.717) is 18.5 Å². The molecule has 0 aromatic rings. The van der Waals surface area contributed by atoms with Crippen molar-refractivity contribution in [2.45, 2.75) is 13.0 Å². The van der Waals surface area contributed by atoms with Crippen molar-refractivity contribution in [1.29, 1.82) is 0 Å². The average Bonchev–Trinajstić information content (AvgIpc) is 2.83. The van der Waals surface area contributed by atoms with Crippen LogP contribution in [-0.4, -0.2) is 19.3 Å². The molecular weight excluding hydrogens is 152 g/mol. The highest BCUT2D eigenvalue weighted by Gasteiger charge is 2.23. The Morgan fingerprint density at radius 2 is 2.42 bits per heavy atom. The SMILES string of the molecule is C=C/C=C(/C)C(=C)OCC1CO1. The maximum atomic E-state index is 5.34. The van der Waals surface area contributed by atoms with Crippen molar-refractivity contribution < 1.29 is 9.47 Å². The molecule has 0 aliphatic carbocycles.